The van der Waals surface area contributed by atoms with Crippen molar-refractivity contribution in [2.45, 2.75) is 72.0 Å². The van der Waals surface area contributed by atoms with E-state index in [1.165, 1.54) is 0 Å². The lowest BCUT2D eigenvalue weighted by Gasteiger charge is -2.36. The number of hydrogen-bond donors (Lipinski definition) is 3. The number of carbonyl (C=O) groups excluding carboxylic acids is 1. The maximum atomic E-state index is 13.1. The SMILES string of the molecule is CC(=O)O.CC(=O)O.Cc1noc(C)c1CN(C)C(=O)[C@@H]1CC[C@H](N)CN(C2CCOCC2)C1. The molecular formula is C23H40N4O7. The van der Waals surface area contributed by atoms with E-state index < -0.39 is 11.9 Å². The lowest BCUT2D eigenvalue weighted by molar-refractivity contribution is -0.136. The molecule has 1 aromatic rings. The number of nitrogens with zero attached hydrogens (tertiary/aromatic N) is 3. The molecule has 4 N–H and O–H groups in total. The number of aromatic nitrogens is 1. The lowest BCUT2D eigenvalue weighted by atomic mass is 9.99. The Morgan fingerprint density at radius 3 is 2.12 bits per heavy atom. The van der Waals surface area contributed by atoms with Crippen LogP contribution in [0.2, 0.25) is 0 Å². The number of nitrogens with two attached hydrogens (primary N) is 1. The molecule has 2 atom stereocenters. The van der Waals surface area contributed by atoms with Gasteiger partial charge in [0.15, 0.2) is 0 Å². The smallest absolute Gasteiger partial charge is 0.300 e. The van der Waals surface area contributed by atoms with Gasteiger partial charge in [0.1, 0.15) is 5.76 Å². The molecule has 0 radical (unpaired) electrons. The van der Waals surface area contributed by atoms with Crippen molar-refractivity contribution >= 4 is 17.8 Å². The van der Waals surface area contributed by atoms with E-state index in [0.717, 1.165) is 82.9 Å². The number of aliphatic carboxylic acids is 2. The second-order valence-corrected chi connectivity index (χ2v) is 8.87. The molecule has 2 fully saturated rings. The third kappa shape index (κ3) is 10.6. The Hall–Kier alpha value is -2.50. The maximum absolute atomic E-state index is 13.1. The number of amides is 1. The zero-order valence-electron chi connectivity index (χ0n) is 21.0. The molecule has 1 aromatic heterocycles. The van der Waals surface area contributed by atoms with E-state index >= 15 is 0 Å². The minimum atomic E-state index is -0.833. The van der Waals surface area contributed by atoms with Crippen LogP contribution in [0.3, 0.4) is 0 Å². The number of likely N-dealkylation sites (tertiary alicyclic amines) is 1. The van der Waals surface area contributed by atoms with Crippen molar-refractivity contribution in [3.05, 3.63) is 17.0 Å². The quantitative estimate of drug-likeness (QED) is 0.573. The molecule has 0 bridgehead atoms. The summed E-state index contributed by atoms with van der Waals surface area (Å²) in [5, 5.41) is 18.8. The highest BCUT2D eigenvalue weighted by Gasteiger charge is 2.33. The Labute approximate surface area is 201 Å². The van der Waals surface area contributed by atoms with Gasteiger partial charge >= 0.3 is 0 Å². The largest absolute Gasteiger partial charge is 0.481 e. The van der Waals surface area contributed by atoms with Crippen molar-refractivity contribution < 1.29 is 33.9 Å². The number of ether oxygens (including phenoxy) is 1. The number of carbonyl (C=O) groups is 3. The van der Waals surface area contributed by atoms with Crippen LogP contribution in [0.1, 0.15) is 56.5 Å². The fraction of sp³-hybridized carbons (Fsp3) is 0.739. The molecule has 0 saturated carbocycles. The molecule has 0 unspecified atom stereocenters. The van der Waals surface area contributed by atoms with E-state index in [2.05, 4.69) is 10.1 Å². The second-order valence-electron chi connectivity index (χ2n) is 8.87. The molecule has 2 aliphatic rings. The lowest BCUT2D eigenvalue weighted by Crippen LogP contribution is -2.47. The van der Waals surface area contributed by atoms with E-state index in [9.17, 15) is 4.79 Å². The molecule has 1 amide bonds. The second kappa shape index (κ2) is 14.7. The normalized spacial score (nSPS) is 21.2. The van der Waals surface area contributed by atoms with Crippen LogP contribution < -0.4 is 5.73 Å². The molecule has 0 aromatic carbocycles. The summed E-state index contributed by atoms with van der Waals surface area (Å²) in [6, 6.07) is 0.625. The maximum Gasteiger partial charge on any atom is 0.300 e. The number of carboxylic acid groups (broad SMARTS) is 2. The van der Waals surface area contributed by atoms with Crippen molar-refractivity contribution in [1.82, 2.24) is 15.0 Å². The van der Waals surface area contributed by atoms with E-state index in [-0.39, 0.29) is 17.9 Å². The van der Waals surface area contributed by atoms with Gasteiger partial charge in [0, 0.05) is 64.8 Å². The van der Waals surface area contributed by atoms with Gasteiger partial charge in [-0.25, -0.2) is 0 Å². The highest BCUT2D eigenvalue weighted by Crippen LogP contribution is 2.24. The third-order valence-electron chi connectivity index (χ3n) is 5.82. The molecule has 2 aliphatic heterocycles. The summed E-state index contributed by atoms with van der Waals surface area (Å²) >= 11 is 0. The fourth-order valence-electron chi connectivity index (χ4n) is 4.16. The minimum absolute atomic E-state index is 0.00290. The Bertz CT molecular complexity index is 753. The molecule has 3 heterocycles. The summed E-state index contributed by atoms with van der Waals surface area (Å²) in [5.41, 5.74) is 8.16. The van der Waals surface area contributed by atoms with Gasteiger partial charge in [-0.3, -0.25) is 19.3 Å². The fourth-order valence-corrected chi connectivity index (χ4v) is 4.16. The summed E-state index contributed by atoms with van der Waals surface area (Å²) in [4.78, 5) is 35.4. The number of aryl methyl sites for hydroxylation is 2. The molecule has 2 saturated heterocycles. The first-order valence-electron chi connectivity index (χ1n) is 11.5. The van der Waals surface area contributed by atoms with Crippen molar-refractivity contribution in [2.75, 3.05) is 33.4 Å². The summed E-state index contributed by atoms with van der Waals surface area (Å²) in [5.74, 6) is -0.693. The Balaban J connectivity index is 0.000000629. The average molecular weight is 485 g/mol. The van der Waals surface area contributed by atoms with Crippen molar-refractivity contribution in [3.8, 4) is 0 Å². The van der Waals surface area contributed by atoms with Gasteiger partial charge < -0.3 is 30.1 Å². The van der Waals surface area contributed by atoms with Crippen LogP contribution in [0.5, 0.6) is 0 Å². The predicted octanol–water partition coefficient (Wildman–Crippen LogP) is 1.65. The summed E-state index contributed by atoms with van der Waals surface area (Å²) in [7, 11) is 1.87. The Morgan fingerprint density at radius 2 is 1.62 bits per heavy atom. The van der Waals surface area contributed by atoms with Crippen LogP contribution in [0.4, 0.5) is 0 Å². The van der Waals surface area contributed by atoms with Gasteiger partial charge in [0.25, 0.3) is 11.9 Å². The van der Waals surface area contributed by atoms with Gasteiger partial charge in [-0.15, -0.1) is 0 Å². The van der Waals surface area contributed by atoms with Crippen molar-refractivity contribution in [3.63, 3.8) is 0 Å². The van der Waals surface area contributed by atoms with Crippen molar-refractivity contribution in [1.29, 1.82) is 0 Å². The summed E-state index contributed by atoms with van der Waals surface area (Å²) < 4.78 is 10.7. The zero-order chi connectivity index (χ0) is 25.8. The molecule has 0 aliphatic carbocycles. The first kappa shape index (κ1) is 29.5. The minimum Gasteiger partial charge on any atom is -0.481 e. The topological polar surface area (TPSA) is 159 Å². The van der Waals surface area contributed by atoms with Crippen LogP contribution >= 0.6 is 0 Å². The van der Waals surface area contributed by atoms with Gasteiger partial charge in [-0.2, -0.15) is 0 Å². The highest BCUT2D eigenvalue weighted by atomic mass is 16.5. The van der Waals surface area contributed by atoms with Gasteiger partial charge in [0.2, 0.25) is 5.91 Å². The summed E-state index contributed by atoms with van der Waals surface area (Å²) in [6.45, 7) is 9.81. The van der Waals surface area contributed by atoms with Gasteiger partial charge in [-0.1, -0.05) is 5.16 Å². The molecule has 34 heavy (non-hydrogen) atoms. The summed E-state index contributed by atoms with van der Waals surface area (Å²) in [6.07, 6.45) is 3.81. The zero-order valence-corrected chi connectivity index (χ0v) is 21.0. The molecule has 11 heteroatoms. The Morgan fingerprint density at radius 1 is 1.06 bits per heavy atom. The van der Waals surface area contributed by atoms with E-state index in [0.29, 0.717) is 12.6 Å². The number of carboxylic acids is 2. The third-order valence-corrected chi connectivity index (χ3v) is 5.82. The molecule has 3 rings (SSSR count). The average Bonchev–Trinajstić information content (AvgIpc) is 2.95. The van der Waals surface area contributed by atoms with Gasteiger partial charge in [0.05, 0.1) is 18.2 Å². The highest BCUT2D eigenvalue weighted by molar-refractivity contribution is 5.79. The van der Waals surface area contributed by atoms with Crippen LogP contribution in [0.15, 0.2) is 4.52 Å². The standard InChI is InChI=1S/C19H32N4O3.2C2H4O2/c1-13-18(14(2)26-21-13)12-22(3)19(24)15-4-5-16(20)11-23(10-15)17-6-8-25-9-7-17;2*1-2(3)4/h15-17H,4-12,20H2,1-3H3;2*1H3,(H,3,4)/t15-,16+;;/m1../s1. The predicted molar refractivity (Wildman–Crippen MR) is 125 cm³/mol. The monoisotopic (exact) mass is 484 g/mol. The van der Waals surface area contributed by atoms with Crippen molar-refractivity contribution in [2.24, 2.45) is 11.7 Å². The molecule has 11 nitrogen and oxygen atoms in total. The number of rotatable bonds is 4. The molecule has 0 spiro atoms. The Kier molecular flexibility index (Phi) is 12.8. The molecule has 194 valence electrons. The van der Waals surface area contributed by atoms with Crippen LogP contribution in [0, 0.1) is 19.8 Å². The van der Waals surface area contributed by atoms with Crippen LogP contribution in [-0.2, 0) is 25.7 Å². The molecular weight excluding hydrogens is 444 g/mol. The first-order valence-corrected chi connectivity index (χ1v) is 11.5. The van der Waals surface area contributed by atoms with E-state index in [1.54, 1.807) is 0 Å². The number of hydrogen-bond acceptors (Lipinski definition) is 8. The van der Waals surface area contributed by atoms with Crippen LogP contribution in [0.25, 0.3) is 0 Å². The van der Waals surface area contributed by atoms with Gasteiger partial charge in [-0.05, 0) is 39.5 Å². The van der Waals surface area contributed by atoms with Crippen LogP contribution in [-0.4, -0.2) is 88.4 Å². The van der Waals surface area contributed by atoms with E-state index in [4.69, 9.17) is 34.8 Å². The van der Waals surface area contributed by atoms with E-state index in [1.807, 2.05) is 25.8 Å². The first-order chi connectivity index (χ1) is 15.9.